The van der Waals surface area contributed by atoms with Gasteiger partial charge in [-0.3, -0.25) is 4.79 Å². The summed E-state index contributed by atoms with van der Waals surface area (Å²) in [7, 11) is 0. The van der Waals surface area contributed by atoms with Crippen LogP contribution in [0, 0.1) is 23.7 Å². The maximum absolute atomic E-state index is 12.8. The number of hydrogen-bond donors (Lipinski definition) is 0. The first-order valence-corrected chi connectivity index (χ1v) is 8.60. The quantitative estimate of drug-likeness (QED) is 0.706. The number of cyclic esters (lactones) is 1. The van der Waals surface area contributed by atoms with E-state index in [0.29, 0.717) is 12.3 Å². The maximum Gasteiger partial charge on any atom is 0.490 e. The van der Waals surface area contributed by atoms with E-state index in [2.05, 4.69) is 0 Å². The van der Waals surface area contributed by atoms with Crippen molar-refractivity contribution in [1.29, 1.82) is 0 Å². The van der Waals surface area contributed by atoms with Crippen LogP contribution in [0.4, 0.5) is 13.2 Å². The zero-order valence-electron chi connectivity index (χ0n) is 14.3. The highest BCUT2D eigenvalue weighted by Crippen LogP contribution is 2.51. The van der Waals surface area contributed by atoms with Gasteiger partial charge in [0.1, 0.15) is 5.60 Å². The summed E-state index contributed by atoms with van der Waals surface area (Å²) in [5.74, 6) is -3.38. The van der Waals surface area contributed by atoms with Crippen LogP contribution >= 0.6 is 0 Å². The van der Waals surface area contributed by atoms with E-state index in [1.54, 1.807) is 0 Å². The number of carbonyl (C=O) groups excluding carboxylic acids is 2. The molecule has 0 amide bonds. The molecule has 2 rings (SSSR count). The third kappa shape index (κ3) is 3.54. The zero-order chi connectivity index (χ0) is 18.1. The van der Waals surface area contributed by atoms with E-state index in [1.807, 2.05) is 13.8 Å². The van der Waals surface area contributed by atoms with Crippen LogP contribution in [0.1, 0.15) is 52.9 Å². The van der Waals surface area contributed by atoms with Crippen molar-refractivity contribution in [2.75, 3.05) is 6.61 Å². The summed E-state index contributed by atoms with van der Waals surface area (Å²) in [6, 6.07) is 0. The van der Waals surface area contributed by atoms with Gasteiger partial charge in [-0.25, -0.2) is 4.79 Å². The summed E-state index contributed by atoms with van der Waals surface area (Å²) in [4.78, 5) is 23.6. The van der Waals surface area contributed by atoms with Crippen molar-refractivity contribution in [2.45, 2.75) is 64.7 Å². The van der Waals surface area contributed by atoms with Gasteiger partial charge in [-0.2, -0.15) is 13.2 Å². The lowest BCUT2D eigenvalue weighted by molar-refractivity contribution is -0.224. The molecule has 0 aromatic heterocycles. The highest BCUT2D eigenvalue weighted by Gasteiger charge is 2.57. The molecule has 0 aromatic rings. The second-order valence-corrected chi connectivity index (χ2v) is 7.10. The minimum Gasteiger partial charge on any atom is -0.465 e. The van der Waals surface area contributed by atoms with Crippen LogP contribution in [-0.4, -0.2) is 30.3 Å². The summed E-state index contributed by atoms with van der Waals surface area (Å²) in [5, 5.41) is 0. The Kier molecular flexibility index (Phi) is 5.50. The summed E-state index contributed by atoms with van der Waals surface area (Å²) in [6.45, 7) is 5.67. The second-order valence-electron chi connectivity index (χ2n) is 7.10. The number of ether oxygens (including phenoxy) is 2. The van der Waals surface area contributed by atoms with Crippen molar-refractivity contribution < 1.29 is 32.2 Å². The summed E-state index contributed by atoms with van der Waals surface area (Å²) in [5.41, 5.74) is -1.48. The average molecular weight is 350 g/mol. The van der Waals surface area contributed by atoms with Gasteiger partial charge in [0.25, 0.3) is 0 Å². The second kappa shape index (κ2) is 6.92. The number of rotatable bonds is 5. The molecule has 1 aliphatic carbocycles. The van der Waals surface area contributed by atoms with Gasteiger partial charge in [0.15, 0.2) is 0 Å². The van der Waals surface area contributed by atoms with E-state index in [0.717, 1.165) is 19.3 Å². The topological polar surface area (TPSA) is 52.6 Å². The van der Waals surface area contributed by atoms with Crippen molar-refractivity contribution in [3.05, 3.63) is 0 Å². The molecule has 1 aliphatic heterocycles. The number of hydrogen-bond acceptors (Lipinski definition) is 4. The number of alkyl halides is 3. The Morgan fingerprint density at radius 1 is 1.25 bits per heavy atom. The van der Waals surface area contributed by atoms with Crippen molar-refractivity contribution >= 4 is 11.9 Å². The standard InChI is InChI=1S/C17H25F3O4/c1-4-10-8-11(5-2)13(9-10)16(3,12-6-7-23-14(12)21)24-15(22)17(18,19)20/h10-13H,4-9H2,1-3H3. The summed E-state index contributed by atoms with van der Waals surface area (Å²) >= 11 is 0. The number of esters is 2. The van der Waals surface area contributed by atoms with Crippen LogP contribution < -0.4 is 0 Å². The first kappa shape index (κ1) is 19.1. The molecule has 0 N–H and O–H groups in total. The normalized spacial score (nSPS) is 33.2. The summed E-state index contributed by atoms with van der Waals surface area (Å²) < 4.78 is 48.3. The fourth-order valence-electron chi connectivity index (χ4n) is 4.41. The van der Waals surface area contributed by atoms with Crippen LogP contribution in [0.25, 0.3) is 0 Å². The first-order valence-electron chi connectivity index (χ1n) is 8.60. The Balaban J connectivity index is 2.35. The molecular formula is C17H25F3O4. The van der Waals surface area contributed by atoms with E-state index in [1.165, 1.54) is 6.92 Å². The first-order chi connectivity index (χ1) is 11.1. The SMILES string of the molecule is CCC1CC(CC)C(C(C)(OC(=O)C(F)(F)F)C2CCOC2=O)C1. The Bertz CT molecular complexity index is 491. The lowest BCUT2D eigenvalue weighted by Crippen LogP contribution is -2.51. The molecule has 0 spiro atoms. The third-order valence-corrected chi connectivity index (χ3v) is 5.80. The molecule has 138 valence electrons. The van der Waals surface area contributed by atoms with E-state index in [4.69, 9.17) is 9.47 Å². The zero-order valence-corrected chi connectivity index (χ0v) is 14.3. The largest absolute Gasteiger partial charge is 0.490 e. The predicted molar refractivity (Wildman–Crippen MR) is 79.9 cm³/mol. The number of halogens is 3. The van der Waals surface area contributed by atoms with Gasteiger partial charge in [-0.05, 0) is 38.0 Å². The Labute approximate surface area is 140 Å². The molecule has 0 radical (unpaired) electrons. The van der Waals surface area contributed by atoms with Gasteiger partial charge in [0.05, 0.1) is 12.5 Å². The molecule has 2 fully saturated rings. The molecule has 1 saturated heterocycles. The predicted octanol–water partition coefficient (Wildman–Crippen LogP) is 3.88. The Morgan fingerprint density at radius 3 is 2.38 bits per heavy atom. The molecule has 1 heterocycles. The smallest absolute Gasteiger partial charge is 0.465 e. The Hall–Kier alpha value is -1.27. The van der Waals surface area contributed by atoms with E-state index >= 15 is 0 Å². The summed E-state index contributed by atoms with van der Waals surface area (Å²) in [6.07, 6.45) is -1.54. The molecule has 24 heavy (non-hydrogen) atoms. The lowest BCUT2D eigenvalue weighted by atomic mass is 9.72. The highest BCUT2D eigenvalue weighted by molar-refractivity contribution is 5.79. The van der Waals surface area contributed by atoms with Crippen LogP contribution in [0.2, 0.25) is 0 Å². The molecule has 1 saturated carbocycles. The Morgan fingerprint density at radius 2 is 1.92 bits per heavy atom. The molecule has 0 aromatic carbocycles. The van der Waals surface area contributed by atoms with E-state index < -0.39 is 29.6 Å². The lowest BCUT2D eigenvalue weighted by Gasteiger charge is -2.41. The fourth-order valence-corrected chi connectivity index (χ4v) is 4.41. The van der Waals surface area contributed by atoms with E-state index in [9.17, 15) is 22.8 Å². The van der Waals surface area contributed by atoms with Crippen molar-refractivity contribution in [3.63, 3.8) is 0 Å². The minimum atomic E-state index is -5.08. The average Bonchev–Trinajstić information content (AvgIpc) is 3.12. The van der Waals surface area contributed by atoms with Crippen molar-refractivity contribution in [2.24, 2.45) is 23.7 Å². The van der Waals surface area contributed by atoms with Gasteiger partial charge in [0.2, 0.25) is 0 Å². The molecule has 7 heteroatoms. The molecule has 5 unspecified atom stereocenters. The van der Waals surface area contributed by atoms with Gasteiger partial charge in [0, 0.05) is 5.92 Å². The monoisotopic (exact) mass is 350 g/mol. The van der Waals surface area contributed by atoms with Crippen LogP contribution in [0.15, 0.2) is 0 Å². The number of carbonyl (C=O) groups is 2. The van der Waals surface area contributed by atoms with Gasteiger partial charge in [-0.1, -0.05) is 26.7 Å². The molecule has 4 nitrogen and oxygen atoms in total. The molecule has 2 aliphatic rings. The van der Waals surface area contributed by atoms with Gasteiger partial charge >= 0.3 is 18.1 Å². The fraction of sp³-hybridized carbons (Fsp3) is 0.882. The third-order valence-electron chi connectivity index (χ3n) is 5.80. The minimum absolute atomic E-state index is 0.134. The molecule has 0 bridgehead atoms. The van der Waals surface area contributed by atoms with Crippen LogP contribution in [0.3, 0.4) is 0 Å². The van der Waals surface area contributed by atoms with Gasteiger partial charge < -0.3 is 9.47 Å². The maximum atomic E-state index is 12.8. The van der Waals surface area contributed by atoms with Crippen LogP contribution in [-0.2, 0) is 19.1 Å². The molecule has 5 atom stereocenters. The van der Waals surface area contributed by atoms with E-state index in [-0.39, 0.29) is 24.9 Å². The van der Waals surface area contributed by atoms with Crippen molar-refractivity contribution in [3.8, 4) is 0 Å². The molecular weight excluding hydrogens is 325 g/mol. The van der Waals surface area contributed by atoms with Crippen LogP contribution in [0.5, 0.6) is 0 Å². The van der Waals surface area contributed by atoms with Gasteiger partial charge in [-0.15, -0.1) is 0 Å². The van der Waals surface area contributed by atoms with Crippen molar-refractivity contribution in [1.82, 2.24) is 0 Å². The highest BCUT2D eigenvalue weighted by atomic mass is 19.4.